The molecule has 192 valence electrons. The number of para-hydroxylation sites is 1. The SMILES string of the molecule is NC(=O)C1CCN(C2=NC(=O)/C(=C/c3cn(-c4ccccc4)nc3C34CC5CC(CC(C5)C3)C4)S2)CC1. The summed E-state index contributed by atoms with van der Waals surface area (Å²) in [6.45, 7) is 1.40. The van der Waals surface area contributed by atoms with Crippen molar-refractivity contribution in [2.24, 2.45) is 34.4 Å². The highest BCUT2D eigenvalue weighted by molar-refractivity contribution is 8.18. The van der Waals surface area contributed by atoms with E-state index in [1.54, 1.807) is 0 Å². The smallest absolute Gasteiger partial charge is 0.286 e. The van der Waals surface area contributed by atoms with Gasteiger partial charge >= 0.3 is 0 Å². The summed E-state index contributed by atoms with van der Waals surface area (Å²) in [7, 11) is 0. The second kappa shape index (κ2) is 8.86. The first-order valence-electron chi connectivity index (χ1n) is 13.7. The number of hydrogen-bond acceptors (Lipinski definition) is 5. The Labute approximate surface area is 221 Å². The van der Waals surface area contributed by atoms with E-state index in [0.717, 1.165) is 34.2 Å². The molecule has 7 nitrogen and oxygen atoms in total. The molecule has 0 unspecified atom stereocenters. The number of piperidine rings is 1. The molecule has 1 aromatic carbocycles. The Kier molecular flexibility index (Phi) is 5.57. The first-order chi connectivity index (χ1) is 18.0. The van der Waals surface area contributed by atoms with Gasteiger partial charge in [0.2, 0.25) is 5.91 Å². The molecule has 3 heterocycles. The third kappa shape index (κ3) is 4.13. The van der Waals surface area contributed by atoms with Gasteiger partial charge in [-0.2, -0.15) is 10.1 Å². The van der Waals surface area contributed by atoms with Gasteiger partial charge in [-0.3, -0.25) is 9.59 Å². The Hall–Kier alpha value is -2.87. The zero-order chi connectivity index (χ0) is 25.1. The molecule has 1 saturated heterocycles. The molecular weight excluding hydrogens is 482 g/mol. The summed E-state index contributed by atoms with van der Waals surface area (Å²) in [5, 5.41) is 5.97. The molecule has 2 amide bonds. The Morgan fingerprint density at radius 2 is 1.68 bits per heavy atom. The number of carbonyl (C=O) groups is 2. The van der Waals surface area contributed by atoms with Crippen LogP contribution in [0.3, 0.4) is 0 Å². The molecule has 8 heteroatoms. The summed E-state index contributed by atoms with van der Waals surface area (Å²) < 4.78 is 2.00. The Balaban J connectivity index is 1.21. The van der Waals surface area contributed by atoms with Gasteiger partial charge in [0, 0.05) is 36.2 Å². The monoisotopic (exact) mass is 515 g/mol. The predicted octanol–water partition coefficient (Wildman–Crippen LogP) is 4.51. The number of aliphatic imine (C=N–C) groups is 1. The number of rotatable bonds is 4. The molecule has 2 aromatic rings. The van der Waals surface area contributed by atoms with Crippen molar-refractivity contribution in [3.63, 3.8) is 0 Å². The van der Waals surface area contributed by atoms with Gasteiger partial charge in [0.05, 0.1) is 16.3 Å². The van der Waals surface area contributed by atoms with Crippen LogP contribution in [0.1, 0.15) is 62.6 Å². The Bertz CT molecular complexity index is 1270. The minimum absolute atomic E-state index is 0.0827. The molecular formula is C29H33N5O2S. The van der Waals surface area contributed by atoms with Crippen LogP contribution in [-0.4, -0.2) is 44.8 Å². The maximum Gasteiger partial charge on any atom is 0.286 e. The maximum absolute atomic E-state index is 13.0. The fourth-order valence-corrected chi connectivity index (χ4v) is 9.00. The summed E-state index contributed by atoms with van der Waals surface area (Å²) >= 11 is 1.45. The van der Waals surface area contributed by atoms with E-state index in [4.69, 9.17) is 10.8 Å². The molecule has 2 N–H and O–H groups in total. The standard InChI is InChI=1S/C29H33N5O2S/c30-26(35)21-6-8-33(9-7-21)28-31-27(36)24(37-28)13-22-17-34(23-4-2-1-3-5-23)32-25(22)29-14-18-10-19(15-29)12-20(11-18)16-29/h1-5,13,17-21H,6-12,14-16H2,(H2,30,35)/b24-13-. The van der Waals surface area contributed by atoms with Crippen molar-refractivity contribution in [2.45, 2.75) is 56.8 Å². The lowest BCUT2D eigenvalue weighted by molar-refractivity contribution is -0.123. The normalized spacial score (nSPS) is 32.4. The van der Waals surface area contributed by atoms with Crippen molar-refractivity contribution in [2.75, 3.05) is 13.1 Å². The van der Waals surface area contributed by atoms with Crippen LogP contribution in [0.25, 0.3) is 11.8 Å². The van der Waals surface area contributed by atoms with Crippen LogP contribution in [0.4, 0.5) is 0 Å². The molecule has 0 spiro atoms. The predicted molar refractivity (Wildman–Crippen MR) is 145 cm³/mol. The third-order valence-corrected chi connectivity index (χ3v) is 10.4. The molecule has 0 atom stereocenters. The largest absolute Gasteiger partial charge is 0.369 e. The molecule has 37 heavy (non-hydrogen) atoms. The highest BCUT2D eigenvalue weighted by Crippen LogP contribution is 2.61. The summed E-state index contributed by atoms with van der Waals surface area (Å²) in [6, 6.07) is 10.3. The summed E-state index contributed by atoms with van der Waals surface area (Å²) in [5.74, 6) is 1.95. The third-order valence-electron chi connectivity index (χ3n) is 9.37. The second-order valence-corrected chi connectivity index (χ2v) is 12.9. The van der Waals surface area contributed by atoms with Gasteiger partial charge in [0.15, 0.2) is 5.17 Å². The van der Waals surface area contributed by atoms with Gasteiger partial charge in [0.25, 0.3) is 5.91 Å². The van der Waals surface area contributed by atoms with Gasteiger partial charge in [-0.15, -0.1) is 0 Å². The van der Waals surface area contributed by atoms with Crippen LogP contribution in [0.5, 0.6) is 0 Å². The number of nitrogens with two attached hydrogens (primary N) is 1. The molecule has 1 aromatic heterocycles. The summed E-state index contributed by atoms with van der Waals surface area (Å²) in [5.41, 5.74) is 8.89. The Morgan fingerprint density at radius 3 is 2.30 bits per heavy atom. The van der Waals surface area contributed by atoms with E-state index < -0.39 is 0 Å². The minimum Gasteiger partial charge on any atom is -0.369 e. The zero-order valence-electron chi connectivity index (χ0n) is 21.0. The van der Waals surface area contributed by atoms with Gasteiger partial charge in [0.1, 0.15) is 0 Å². The highest BCUT2D eigenvalue weighted by Gasteiger charge is 2.53. The zero-order valence-corrected chi connectivity index (χ0v) is 21.8. The van der Waals surface area contributed by atoms with E-state index in [2.05, 4.69) is 28.2 Å². The van der Waals surface area contributed by atoms with E-state index in [-0.39, 0.29) is 23.1 Å². The van der Waals surface area contributed by atoms with Gasteiger partial charge in [-0.25, -0.2) is 4.68 Å². The van der Waals surface area contributed by atoms with Crippen LogP contribution >= 0.6 is 11.8 Å². The number of benzene rings is 1. The van der Waals surface area contributed by atoms with Crippen LogP contribution in [-0.2, 0) is 15.0 Å². The van der Waals surface area contributed by atoms with Crippen molar-refractivity contribution >= 4 is 34.8 Å². The van der Waals surface area contributed by atoms with Crippen LogP contribution < -0.4 is 5.73 Å². The van der Waals surface area contributed by atoms with Gasteiger partial charge in [-0.05, 0) is 99.1 Å². The average Bonchev–Trinajstić information content (AvgIpc) is 3.48. The second-order valence-electron chi connectivity index (χ2n) is 11.9. The first kappa shape index (κ1) is 23.3. The molecule has 6 aliphatic rings. The molecule has 8 rings (SSSR count). The van der Waals surface area contributed by atoms with E-state index in [9.17, 15) is 9.59 Å². The number of hydrogen-bond donors (Lipinski definition) is 1. The van der Waals surface area contributed by atoms with Crippen molar-refractivity contribution in [3.8, 4) is 5.69 Å². The van der Waals surface area contributed by atoms with Crippen molar-refractivity contribution in [3.05, 3.63) is 52.7 Å². The van der Waals surface area contributed by atoms with Crippen molar-refractivity contribution in [1.29, 1.82) is 0 Å². The minimum atomic E-state index is -0.232. The number of primary amides is 1. The highest BCUT2D eigenvalue weighted by atomic mass is 32.2. The summed E-state index contributed by atoms with van der Waals surface area (Å²) in [6.07, 6.45) is 13.4. The molecule has 4 bridgehead atoms. The van der Waals surface area contributed by atoms with E-state index in [1.165, 1.54) is 56.0 Å². The number of thioether (sulfide) groups is 1. The summed E-state index contributed by atoms with van der Waals surface area (Å²) in [4.78, 5) is 31.8. The molecule has 4 aliphatic carbocycles. The number of likely N-dealkylation sites (tertiary alicyclic amines) is 1. The van der Waals surface area contributed by atoms with Crippen LogP contribution in [0, 0.1) is 23.7 Å². The maximum atomic E-state index is 13.0. The first-order valence-corrected chi connectivity index (χ1v) is 14.5. The lowest BCUT2D eigenvalue weighted by Gasteiger charge is -2.56. The lowest BCUT2D eigenvalue weighted by Crippen LogP contribution is -2.49. The fourth-order valence-electron chi connectivity index (χ4n) is 8.05. The fraction of sp³-hybridized carbons (Fsp3) is 0.517. The van der Waals surface area contributed by atoms with Crippen LogP contribution in [0.15, 0.2) is 46.4 Å². The van der Waals surface area contributed by atoms with Crippen molar-refractivity contribution < 1.29 is 9.59 Å². The van der Waals surface area contributed by atoms with Gasteiger partial charge < -0.3 is 10.6 Å². The molecule has 2 aliphatic heterocycles. The lowest BCUT2D eigenvalue weighted by atomic mass is 9.48. The van der Waals surface area contributed by atoms with E-state index >= 15 is 0 Å². The van der Waals surface area contributed by atoms with Crippen LogP contribution in [0.2, 0.25) is 0 Å². The molecule has 4 saturated carbocycles. The average molecular weight is 516 g/mol. The number of carbonyl (C=O) groups excluding carboxylic acids is 2. The topological polar surface area (TPSA) is 93.6 Å². The Morgan fingerprint density at radius 1 is 1.03 bits per heavy atom. The molecule has 5 fully saturated rings. The van der Waals surface area contributed by atoms with E-state index in [1.807, 2.05) is 29.0 Å². The number of nitrogens with zero attached hydrogens (tertiary/aromatic N) is 4. The number of amidine groups is 1. The number of aromatic nitrogens is 2. The van der Waals surface area contributed by atoms with E-state index in [0.29, 0.717) is 30.8 Å². The van der Waals surface area contributed by atoms with Gasteiger partial charge in [-0.1, -0.05) is 18.2 Å². The molecule has 0 radical (unpaired) electrons. The number of amides is 2. The quantitative estimate of drug-likeness (QED) is 0.605. The van der Waals surface area contributed by atoms with Crippen molar-refractivity contribution in [1.82, 2.24) is 14.7 Å².